The summed E-state index contributed by atoms with van der Waals surface area (Å²) >= 11 is 0. The second kappa shape index (κ2) is 12.2. The van der Waals surface area contributed by atoms with Crippen molar-refractivity contribution < 1.29 is 0 Å². The van der Waals surface area contributed by atoms with E-state index < -0.39 is 0 Å². The third kappa shape index (κ3) is 6.43. The average molecular weight is 472 g/mol. The number of allylic oxidation sites excluding steroid dienone is 7. The molecule has 0 aliphatic heterocycles. The highest BCUT2D eigenvalue weighted by molar-refractivity contribution is 5.67. The first-order valence-corrected chi connectivity index (χ1v) is 12.9. The molecule has 0 amide bonds. The molecule has 2 atom stereocenters. The molecule has 0 radical (unpaired) electrons. The molecule has 1 aliphatic carbocycles. The Morgan fingerprint density at radius 2 is 1.39 bits per heavy atom. The highest BCUT2D eigenvalue weighted by atomic mass is 15.2. The Balaban J connectivity index is 1.70. The molecule has 4 rings (SSSR count). The summed E-state index contributed by atoms with van der Waals surface area (Å²) < 4.78 is 0. The van der Waals surface area contributed by atoms with Crippen molar-refractivity contribution in [3.63, 3.8) is 0 Å². The Morgan fingerprint density at radius 1 is 0.750 bits per heavy atom. The Kier molecular flexibility index (Phi) is 8.57. The summed E-state index contributed by atoms with van der Waals surface area (Å²) in [5, 5.41) is 0. The molecule has 0 N–H and O–H groups in total. The molecule has 0 spiro atoms. The largest absolute Gasteiger partial charge is 0.335 e. The minimum atomic E-state index is 0.133. The molecule has 1 heteroatoms. The molecule has 0 saturated carbocycles. The van der Waals surface area contributed by atoms with Gasteiger partial charge in [0.25, 0.3) is 0 Å². The van der Waals surface area contributed by atoms with Gasteiger partial charge in [-0.15, -0.1) is 0 Å². The maximum absolute atomic E-state index is 4.09. The fraction of sp³-hybridized carbons (Fsp3) is 0.200. The van der Waals surface area contributed by atoms with E-state index >= 15 is 0 Å². The molecule has 36 heavy (non-hydrogen) atoms. The van der Waals surface area contributed by atoms with Crippen LogP contribution in [0.5, 0.6) is 0 Å². The highest BCUT2D eigenvalue weighted by Gasteiger charge is 2.19. The van der Waals surface area contributed by atoms with Crippen molar-refractivity contribution in [1.82, 2.24) is 0 Å². The molecule has 0 saturated heterocycles. The molecule has 0 bridgehead atoms. The van der Waals surface area contributed by atoms with Crippen molar-refractivity contribution in [3.8, 4) is 11.1 Å². The van der Waals surface area contributed by atoms with E-state index in [2.05, 4.69) is 154 Å². The summed E-state index contributed by atoms with van der Waals surface area (Å²) in [6.07, 6.45) is 16.0. The van der Waals surface area contributed by atoms with E-state index in [-0.39, 0.29) is 6.04 Å². The van der Waals surface area contributed by atoms with E-state index in [1.807, 2.05) is 0 Å². The van der Waals surface area contributed by atoms with Crippen LogP contribution in [0.2, 0.25) is 0 Å². The summed E-state index contributed by atoms with van der Waals surface area (Å²) in [4.78, 5) is 2.43. The first-order valence-electron chi connectivity index (χ1n) is 12.9. The fourth-order valence-electron chi connectivity index (χ4n) is 4.59. The molecule has 3 aromatic rings. The predicted molar refractivity (Wildman–Crippen MR) is 157 cm³/mol. The number of hydrogen-bond donors (Lipinski definition) is 0. The van der Waals surface area contributed by atoms with Gasteiger partial charge in [-0.3, -0.25) is 0 Å². The van der Waals surface area contributed by atoms with Gasteiger partial charge in [-0.25, -0.2) is 0 Å². The number of nitrogens with zero attached hydrogens (tertiary/aromatic N) is 1. The molecule has 1 nitrogen and oxygen atoms in total. The van der Waals surface area contributed by atoms with Crippen LogP contribution in [0.15, 0.2) is 145 Å². The van der Waals surface area contributed by atoms with Gasteiger partial charge >= 0.3 is 0 Å². The van der Waals surface area contributed by atoms with Crippen molar-refractivity contribution in [1.29, 1.82) is 0 Å². The van der Waals surface area contributed by atoms with E-state index in [4.69, 9.17) is 0 Å². The van der Waals surface area contributed by atoms with Crippen molar-refractivity contribution in [2.75, 3.05) is 4.90 Å². The standard InChI is InChI=1S/C35H37N/c1-27(2)28(3)19-20-29(4)36(35-25-22-33(23-26-35)31-15-9-6-10-16-31)34-18-12-11-17-32(21-24-34)30-13-7-5-8-14-30/h5-10,12-16,18-26,32,34H,1,11,17H2,2-4H3/b18-12?,24-21-,28-19+,29-20+. The lowest BCUT2D eigenvalue weighted by Crippen LogP contribution is -2.31. The molecule has 182 valence electrons. The number of anilines is 1. The van der Waals surface area contributed by atoms with Gasteiger partial charge < -0.3 is 4.90 Å². The van der Waals surface area contributed by atoms with Crippen LogP contribution in [0.1, 0.15) is 45.1 Å². The van der Waals surface area contributed by atoms with Gasteiger partial charge in [0.15, 0.2) is 0 Å². The lowest BCUT2D eigenvalue weighted by molar-refractivity contribution is 0.730. The minimum absolute atomic E-state index is 0.133. The van der Waals surface area contributed by atoms with Gasteiger partial charge in [-0.2, -0.15) is 0 Å². The van der Waals surface area contributed by atoms with Crippen molar-refractivity contribution in [2.24, 2.45) is 0 Å². The number of hydrogen-bond acceptors (Lipinski definition) is 1. The quantitative estimate of drug-likeness (QED) is 0.245. The zero-order valence-corrected chi connectivity index (χ0v) is 21.8. The normalized spacial score (nSPS) is 19.3. The molecule has 1 aliphatic rings. The van der Waals surface area contributed by atoms with Crippen molar-refractivity contribution in [2.45, 2.75) is 45.6 Å². The van der Waals surface area contributed by atoms with Gasteiger partial charge in [0.1, 0.15) is 0 Å². The fourth-order valence-corrected chi connectivity index (χ4v) is 4.59. The van der Waals surface area contributed by atoms with Gasteiger partial charge in [0.05, 0.1) is 6.04 Å². The molecule has 0 heterocycles. The molecule has 2 unspecified atom stereocenters. The summed E-state index contributed by atoms with van der Waals surface area (Å²) in [6.45, 7) is 10.5. The maximum Gasteiger partial charge on any atom is 0.0703 e. The summed E-state index contributed by atoms with van der Waals surface area (Å²) in [7, 11) is 0. The van der Waals surface area contributed by atoms with E-state index in [1.165, 1.54) is 33.6 Å². The number of rotatable bonds is 7. The monoisotopic (exact) mass is 471 g/mol. The van der Waals surface area contributed by atoms with Crippen LogP contribution in [-0.2, 0) is 0 Å². The van der Waals surface area contributed by atoms with Crippen LogP contribution in [0.25, 0.3) is 11.1 Å². The van der Waals surface area contributed by atoms with Crippen LogP contribution in [0.4, 0.5) is 5.69 Å². The maximum atomic E-state index is 4.09. The number of benzene rings is 3. The van der Waals surface area contributed by atoms with Gasteiger partial charge in [0, 0.05) is 17.3 Å². The van der Waals surface area contributed by atoms with Crippen LogP contribution in [-0.4, -0.2) is 6.04 Å². The average Bonchev–Trinajstić information content (AvgIpc) is 2.90. The SMILES string of the molecule is C=C(C)/C(C)=C/C=C(\C)N(c1ccc(-c2ccccc2)cc1)C1C=CCCC(c2ccccc2)/C=C\1. The third-order valence-corrected chi connectivity index (χ3v) is 6.92. The first-order chi connectivity index (χ1) is 17.5. The van der Waals surface area contributed by atoms with Crippen LogP contribution in [0.3, 0.4) is 0 Å². The Hall–Kier alpha value is -3.84. The Morgan fingerprint density at radius 3 is 2.06 bits per heavy atom. The van der Waals surface area contributed by atoms with Crippen LogP contribution in [0, 0.1) is 0 Å². The summed E-state index contributed by atoms with van der Waals surface area (Å²) in [5.41, 5.74) is 8.51. The van der Waals surface area contributed by atoms with E-state index in [0.717, 1.165) is 18.4 Å². The van der Waals surface area contributed by atoms with E-state index in [9.17, 15) is 0 Å². The minimum Gasteiger partial charge on any atom is -0.335 e. The summed E-state index contributed by atoms with van der Waals surface area (Å²) in [5.74, 6) is 0.427. The van der Waals surface area contributed by atoms with Gasteiger partial charge in [0.2, 0.25) is 0 Å². The van der Waals surface area contributed by atoms with E-state index in [0.29, 0.717) is 5.92 Å². The molecule has 0 aromatic heterocycles. The van der Waals surface area contributed by atoms with E-state index in [1.54, 1.807) is 0 Å². The van der Waals surface area contributed by atoms with Crippen LogP contribution < -0.4 is 4.90 Å². The molecule has 3 aromatic carbocycles. The highest BCUT2D eigenvalue weighted by Crippen LogP contribution is 2.31. The van der Waals surface area contributed by atoms with Crippen LogP contribution >= 0.6 is 0 Å². The van der Waals surface area contributed by atoms with Gasteiger partial charge in [-0.05, 0) is 74.1 Å². The third-order valence-electron chi connectivity index (χ3n) is 6.92. The summed E-state index contributed by atoms with van der Waals surface area (Å²) in [6, 6.07) is 30.5. The first kappa shape index (κ1) is 25.3. The van der Waals surface area contributed by atoms with Gasteiger partial charge in [-0.1, -0.05) is 115 Å². The smallest absolute Gasteiger partial charge is 0.0703 e. The predicted octanol–water partition coefficient (Wildman–Crippen LogP) is 9.64. The Labute approximate surface area is 217 Å². The lowest BCUT2D eigenvalue weighted by atomic mass is 9.91. The lowest BCUT2D eigenvalue weighted by Gasteiger charge is -2.32. The second-order valence-corrected chi connectivity index (χ2v) is 9.62. The zero-order chi connectivity index (χ0) is 25.3. The van der Waals surface area contributed by atoms with Crippen molar-refractivity contribution >= 4 is 5.69 Å². The molecule has 0 fully saturated rings. The topological polar surface area (TPSA) is 3.24 Å². The molecular weight excluding hydrogens is 434 g/mol. The Bertz CT molecular complexity index is 1260. The zero-order valence-electron chi connectivity index (χ0n) is 21.8. The molecular formula is C35H37N. The van der Waals surface area contributed by atoms with Crippen molar-refractivity contribution in [3.05, 3.63) is 150 Å². The second-order valence-electron chi connectivity index (χ2n) is 9.62.